The van der Waals surface area contributed by atoms with Crippen LogP contribution in [0.5, 0.6) is 0 Å². The van der Waals surface area contributed by atoms with E-state index in [1.54, 1.807) is 7.11 Å². The van der Waals surface area contributed by atoms with Crippen LogP contribution < -0.4 is 0 Å². The molecule has 0 aromatic heterocycles. The van der Waals surface area contributed by atoms with Crippen LogP contribution in [-0.4, -0.2) is 13.7 Å². The zero-order valence-corrected chi connectivity index (χ0v) is 6.07. The van der Waals surface area contributed by atoms with Gasteiger partial charge in [0.05, 0.1) is 0 Å². The third kappa shape index (κ3) is 7.56. The molecule has 0 atom stereocenters. The second-order valence-electron chi connectivity index (χ2n) is 1.98. The Hall–Kier alpha value is -0.440. The fraction of sp³-hybridized carbons (Fsp3) is 0.714. The van der Waals surface area contributed by atoms with E-state index >= 15 is 0 Å². The third-order valence-electron chi connectivity index (χ3n) is 1.10. The van der Waals surface area contributed by atoms with E-state index < -0.39 is 6.08 Å². The van der Waals surface area contributed by atoms with Crippen LogP contribution in [0.1, 0.15) is 19.3 Å². The molecule has 0 bridgehead atoms. The van der Waals surface area contributed by atoms with Gasteiger partial charge in [-0.1, -0.05) is 0 Å². The molecule has 0 rings (SSSR count). The molecule has 0 fully saturated rings. The van der Waals surface area contributed by atoms with Gasteiger partial charge in [0.15, 0.2) is 0 Å². The topological polar surface area (TPSA) is 9.23 Å². The Morgan fingerprint density at radius 2 is 2.10 bits per heavy atom. The highest BCUT2D eigenvalue weighted by Crippen LogP contribution is 2.03. The number of hydrogen-bond donors (Lipinski definition) is 0. The molecule has 0 radical (unpaired) electrons. The van der Waals surface area contributed by atoms with E-state index in [1.807, 2.05) is 0 Å². The molecule has 0 aliphatic heterocycles. The van der Waals surface area contributed by atoms with E-state index in [-0.39, 0.29) is 0 Å². The summed E-state index contributed by atoms with van der Waals surface area (Å²) < 4.78 is 27.5. The highest BCUT2D eigenvalue weighted by molar-refractivity contribution is 4.79. The second-order valence-corrected chi connectivity index (χ2v) is 1.98. The summed E-state index contributed by atoms with van der Waals surface area (Å²) in [4.78, 5) is 0. The van der Waals surface area contributed by atoms with Gasteiger partial charge in [0.2, 0.25) is 0 Å². The van der Waals surface area contributed by atoms with Crippen molar-refractivity contribution >= 4 is 0 Å². The van der Waals surface area contributed by atoms with Gasteiger partial charge < -0.3 is 4.74 Å². The van der Waals surface area contributed by atoms with Crippen LogP contribution in [0.25, 0.3) is 0 Å². The summed E-state index contributed by atoms with van der Waals surface area (Å²) in [7, 11) is 1.60. The molecule has 0 heterocycles. The lowest BCUT2D eigenvalue weighted by atomic mass is 10.2. The summed E-state index contributed by atoms with van der Waals surface area (Å²) in [6, 6.07) is 0. The van der Waals surface area contributed by atoms with Crippen molar-refractivity contribution in [3.8, 4) is 0 Å². The van der Waals surface area contributed by atoms with Crippen molar-refractivity contribution in [2.24, 2.45) is 0 Å². The molecule has 0 aromatic carbocycles. The van der Waals surface area contributed by atoms with Crippen molar-refractivity contribution in [2.45, 2.75) is 19.3 Å². The minimum absolute atomic E-state index is 0.450. The Bertz CT molecular complexity index is 97.8. The molecule has 0 amide bonds. The number of allylic oxidation sites excluding steroid dienone is 1. The largest absolute Gasteiger partial charge is 0.385 e. The molecule has 0 saturated heterocycles. The molecule has 0 spiro atoms. The molecule has 3 heteroatoms. The van der Waals surface area contributed by atoms with Crippen LogP contribution in [-0.2, 0) is 4.74 Å². The first kappa shape index (κ1) is 9.56. The van der Waals surface area contributed by atoms with Crippen molar-refractivity contribution in [1.29, 1.82) is 0 Å². The van der Waals surface area contributed by atoms with Crippen LogP contribution in [0.3, 0.4) is 0 Å². The maximum Gasteiger partial charge on any atom is 0.266 e. The normalized spacial score (nSPS) is 9.50. The average Bonchev–Trinajstić information content (AvgIpc) is 1.87. The number of rotatable bonds is 5. The fourth-order valence-corrected chi connectivity index (χ4v) is 0.602. The lowest BCUT2D eigenvalue weighted by Crippen LogP contribution is -1.86. The summed E-state index contributed by atoms with van der Waals surface area (Å²) in [5, 5.41) is 0. The lowest BCUT2D eigenvalue weighted by molar-refractivity contribution is 0.193. The summed E-state index contributed by atoms with van der Waals surface area (Å²) in [6.45, 7) is 0.655. The predicted octanol–water partition coefficient (Wildman–Crippen LogP) is 2.58. The molecule has 0 aromatic rings. The molecule has 10 heavy (non-hydrogen) atoms. The maximum absolute atomic E-state index is 11.4. The first-order chi connectivity index (χ1) is 4.77. The second kappa shape index (κ2) is 6.68. The molecule has 60 valence electrons. The molecule has 0 saturated carbocycles. The van der Waals surface area contributed by atoms with Gasteiger partial charge in [-0.3, -0.25) is 0 Å². The molecular formula is C7H12F2O. The predicted molar refractivity (Wildman–Crippen MR) is 36.0 cm³/mol. The van der Waals surface area contributed by atoms with Gasteiger partial charge in [-0.05, 0) is 25.3 Å². The van der Waals surface area contributed by atoms with Crippen molar-refractivity contribution in [3.05, 3.63) is 12.2 Å². The van der Waals surface area contributed by atoms with Crippen LogP contribution in [0.2, 0.25) is 0 Å². The first-order valence-corrected chi connectivity index (χ1v) is 3.27. The van der Waals surface area contributed by atoms with Gasteiger partial charge in [0, 0.05) is 13.7 Å². The van der Waals surface area contributed by atoms with Gasteiger partial charge in [0.1, 0.15) is 0 Å². The quantitative estimate of drug-likeness (QED) is 0.547. The zero-order chi connectivity index (χ0) is 7.82. The Labute approximate surface area is 59.7 Å². The SMILES string of the molecule is COCCCCC=C(F)F. The van der Waals surface area contributed by atoms with E-state index in [0.717, 1.165) is 18.9 Å². The Morgan fingerprint density at radius 1 is 1.40 bits per heavy atom. The van der Waals surface area contributed by atoms with Gasteiger partial charge in [-0.2, -0.15) is 8.78 Å². The van der Waals surface area contributed by atoms with Gasteiger partial charge in [-0.15, -0.1) is 0 Å². The minimum atomic E-state index is -1.59. The highest BCUT2D eigenvalue weighted by Gasteiger charge is 1.88. The van der Waals surface area contributed by atoms with Crippen molar-refractivity contribution < 1.29 is 13.5 Å². The average molecular weight is 150 g/mol. The standard InChI is InChI=1S/C7H12F2O/c1-10-6-4-2-3-5-7(8)9/h5H,2-4,6H2,1H3. The minimum Gasteiger partial charge on any atom is -0.385 e. The van der Waals surface area contributed by atoms with E-state index in [2.05, 4.69) is 0 Å². The summed E-state index contributed by atoms with van der Waals surface area (Å²) >= 11 is 0. The molecular weight excluding hydrogens is 138 g/mol. The Balaban J connectivity index is 2.98. The number of methoxy groups -OCH3 is 1. The molecule has 0 N–H and O–H groups in total. The van der Waals surface area contributed by atoms with Crippen LogP contribution >= 0.6 is 0 Å². The smallest absolute Gasteiger partial charge is 0.266 e. The van der Waals surface area contributed by atoms with Crippen molar-refractivity contribution in [1.82, 2.24) is 0 Å². The summed E-state index contributed by atoms with van der Waals surface area (Å²) in [5.41, 5.74) is 0. The maximum atomic E-state index is 11.4. The number of ether oxygens (including phenoxy) is 1. The monoisotopic (exact) mass is 150 g/mol. The third-order valence-corrected chi connectivity index (χ3v) is 1.10. The van der Waals surface area contributed by atoms with Crippen molar-refractivity contribution in [3.63, 3.8) is 0 Å². The number of hydrogen-bond acceptors (Lipinski definition) is 1. The van der Waals surface area contributed by atoms with Crippen LogP contribution in [0, 0.1) is 0 Å². The summed E-state index contributed by atoms with van der Waals surface area (Å²) in [5.74, 6) is 0. The van der Waals surface area contributed by atoms with Gasteiger partial charge in [-0.25, -0.2) is 0 Å². The summed E-state index contributed by atoms with van der Waals surface area (Å²) in [6.07, 6.45) is 1.42. The Morgan fingerprint density at radius 3 is 2.60 bits per heavy atom. The molecule has 0 aliphatic carbocycles. The lowest BCUT2D eigenvalue weighted by Gasteiger charge is -1.94. The van der Waals surface area contributed by atoms with E-state index in [0.29, 0.717) is 13.0 Å². The fourth-order valence-electron chi connectivity index (χ4n) is 0.602. The van der Waals surface area contributed by atoms with Crippen LogP contribution in [0.4, 0.5) is 8.78 Å². The highest BCUT2D eigenvalue weighted by atomic mass is 19.3. The Kier molecular flexibility index (Phi) is 6.38. The number of unbranched alkanes of at least 4 members (excludes halogenated alkanes) is 2. The van der Waals surface area contributed by atoms with E-state index in [1.165, 1.54) is 0 Å². The zero-order valence-electron chi connectivity index (χ0n) is 6.07. The van der Waals surface area contributed by atoms with Crippen LogP contribution in [0.15, 0.2) is 12.2 Å². The molecule has 0 unspecified atom stereocenters. The van der Waals surface area contributed by atoms with Gasteiger partial charge in [0.25, 0.3) is 6.08 Å². The van der Waals surface area contributed by atoms with Crippen molar-refractivity contribution in [2.75, 3.05) is 13.7 Å². The molecule has 1 nitrogen and oxygen atoms in total. The first-order valence-electron chi connectivity index (χ1n) is 3.27. The molecule has 0 aliphatic rings. The number of halogens is 2. The van der Waals surface area contributed by atoms with E-state index in [9.17, 15) is 8.78 Å². The van der Waals surface area contributed by atoms with Gasteiger partial charge >= 0.3 is 0 Å². The van der Waals surface area contributed by atoms with E-state index in [4.69, 9.17) is 4.74 Å².